The van der Waals surface area contributed by atoms with Gasteiger partial charge >= 0.3 is 0 Å². The Hall–Kier alpha value is -4.95. The van der Waals surface area contributed by atoms with Gasteiger partial charge < -0.3 is 4.57 Å². The predicted octanol–water partition coefficient (Wildman–Crippen LogP) is 9.81. The Balaban J connectivity index is 1.21. The van der Waals surface area contributed by atoms with Crippen LogP contribution < -0.4 is 0 Å². The first-order valence-electron chi connectivity index (χ1n) is 14.6. The van der Waals surface area contributed by atoms with Gasteiger partial charge in [-0.25, -0.2) is 4.98 Å². The van der Waals surface area contributed by atoms with Gasteiger partial charge in [-0.15, -0.1) is 0 Å². The number of hydrogen-bond acceptors (Lipinski definition) is 1. The van der Waals surface area contributed by atoms with E-state index in [0.29, 0.717) is 5.92 Å². The van der Waals surface area contributed by atoms with Gasteiger partial charge in [0.1, 0.15) is 5.82 Å². The summed E-state index contributed by atoms with van der Waals surface area (Å²) in [5.41, 5.74) is 6.43. The van der Waals surface area contributed by atoms with Gasteiger partial charge in [0.25, 0.3) is 0 Å². The van der Waals surface area contributed by atoms with Crippen molar-refractivity contribution in [2.75, 3.05) is 0 Å². The van der Waals surface area contributed by atoms with Gasteiger partial charge in [0.15, 0.2) is 0 Å². The molecule has 194 valence electrons. The van der Waals surface area contributed by atoms with E-state index in [-0.39, 0.29) is 5.41 Å². The molecule has 0 saturated heterocycles. The van der Waals surface area contributed by atoms with Gasteiger partial charge in [0.05, 0.1) is 5.69 Å². The maximum absolute atomic E-state index is 5.06. The van der Waals surface area contributed by atoms with Crippen molar-refractivity contribution >= 4 is 50.2 Å². The lowest BCUT2D eigenvalue weighted by molar-refractivity contribution is 0.788. The lowest BCUT2D eigenvalue weighted by atomic mass is 9.83. The summed E-state index contributed by atoms with van der Waals surface area (Å²) in [4.78, 5) is 5.06. The van der Waals surface area contributed by atoms with E-state index in [2.05, 4.69) is 144 Å². The number of imidazole rings is 1. The van der Waals surface area contributed by atoms with Crippen LogP contribution in [0.4, 0.5) is 0 Å². The molecule has 0 amide bonds. The largest absolute Gasteiger partial charge is 0.307 e. The Kier molecular flexibility index (Phi) is 4.74. The van der Waals surface area contributed by atoms with Crippen LogP contribution in [0.1, 0.15) is 29.9 Å². The first-order valence-corrected chi connectivity index (χ1v) is 14.6. The third kappa shape index (κ3) is 3.40. The van der Waals surface area contributed by atoms with Crippen molar-refractivity contribution in [3.05, 3.63) is 145 Å². The van der Waals surface area contributed by atoms with E-state index in [1.807, 2.05) is 0 Å². The summed E-state index contributed by atoms with van der Waals surface area (Å²) in [5, 5.41) is 7.76. The molecule has 9 rings (SSSR count). The fourth-order valence-electron chi connectivity index (χ4n) is 7.16. The van der Waals surface area contributed by atoms with E-state index >= 15 is 0 Å². The highest BCUT2D eigenvalue weighted by Gasteiger charge is 2.55. The highest BCUT2D eigenvalue weighted by atomic mass is 15.1. The summed E-state index contributed by atoms with van der Waals surface area (Å²) < 4.78 is 2.17. The molecule has 1 saturated carbocycles. The van der Waals surface area contributed by atoms with E-state index in [1.165, 1.54) is 60.3 Å². The average molecular weight is 525 g/mol. The molecule has 0 N–H and O–H groups in total. The third-order valence-electron chi connectivity index (χ3n) is 9.30. The van der Waals surface area contributed by atoms with E-state index < -0.39 is 0 Å². The molecule has 2 heteroatoms. The van der Waals surface area contributed by atoms with Gasteiger partial charge in [0.2, 0.25) is 0 Å². The maximum atomic E-state index is 5.06. The number of benzene rings is 5. The van der Waals surface area contributed by atoms with Crippen LogP contribution in [0.15, 0.2) is 128 Å². The lowest BCUT2D eigenvalue weighted by Gasteiger charge is -2.20. The number of fused-ring (bicyclic) bond motifs is 5. The summed E-state index contributed by atoms with van der Waals surface area (Å²) >= 11 is 0. The number of rotatable bonds is 3. The second kappa shape index (κ2) is 8.52. The van der Waals surface area contributed by atoms with Gasteiger partial charge in [-0.05, 0) is 85.5 Å². The SMILES string of the molecule is C1=Cc2nc(C34C=CC(c5c6ccccc6c(-c6ccc7ccccc7c6)c6ccccc56)=CC3C4)cn2C=CC1. The Morgan fingerprint density at radius 2 is 1.41 bits per heavy atom. The van der Waals surface area contributed by atoms with Gasteiger partial charge in [-0.2, -0.15) is 0 Å². The molecular weight excluding hydrogens is 496 g/mol. The molecule has 1 fully saturated rings. The van der Waals surface area contributed by atoms with Crippen molar-refractivity contribution in [3.63, 3.8) is 0 Å². The average Bonchev–Trinajstić information content (AvgIpc) is 3.69. The standard InChI is InChI=1S/C39H28N2/c1-2-16-36-40-35(25-41(36)21-9-1)39-20-19-29(23-30(39)24-39)38-33-14-7-5-12-31(33)37(32-13-6-8-15-34(32)38)28-18-17-26-10-3-4-11-27(26)22-28/h2-23,25,30H,1,24H2. The van der Waals surface area contributed by atoms with Crippen LogP contribution in [0.25, 0.3) is 61.3 Å². The second-order valence-corrected chi connectivity index (χ2v) is 11.6. The summed E-state index contributed by atoms with van der Waals surface area (Å²) in [5.74, 6) is 1.49. The predicted molar refractivity (Wildman–Crippen MR) is 173 cm³/mol. The minimum Gasteiger partial charge on any atom is -0.307 e. The third-order valence-corrected chi connectivity index (χ3v) is 9.30. The molecule has 2 aliphatic carbocycles. The Morgan fingerprint density at radius 3 is 2.17 bits per heavy atom. The number of allylic oxidation sites excluding steroid dienone is 6. The van der Waals surface area contributed by atoms with Crippen LogP contribution in [0.2, 0.25) is 0 Å². The van der Waals surface area contributed by atoms with Gasteiger partial charge in [-0.1, -0.05) is 115 Å². The summed E-state index contributed by atoms with van der Waals surface area (Å²) in [6.45, 7) is 0. The minimum atomic E-state index is 0.0149. The van der Waals surface area contributed by atoms with Crippen LogP contribution in [0.3, 0.4) is 0 Å². The monoisotopic (exact) mass is 524 g/mol. The molecule has 41 heavy (non-hydrogen) atoms. The van der Waals surface area contributed by atoms with Crippen LogP contribution in [0.5, 0.6) is 0 Å². The minimum absolute atomic E-state index is 0.0149. The molecule has 2 atom stereocenters. The summed E-state index contributed by atoms with van der Waals surface area (Å²) in [6, 6.07) is 33.4. The fraction of sp³-hybridized carbons (Fsp3) is 0.103. The Labute approximate surface area is 239 Å². The van der Waals surface area contributed by atoms with Crippen LogP contribution in [-0.2, 0) is 5.41 Å². The fourth-order valence-corrected chi connectivity index (χ4v) is 7.16. The zero-order chi connectivity index (χ0) is 27.0. The molecule has 6 aromatic rings. The van der Waals surface area contributed by atoms with Crippen LogP contribution >= 0.6 is 0 Å². The zero-order valence-corrected chi connectivity index (χ0v) is 22.7. The van der Waals surface area contributed by atoms with Crippen molar-refractivity contribution in [1.29, 1.82) is 0 Å². The Morgan fingerprint density at radius 1 is 0.707 bits per heavy atom. The van der Waals surface area contributed by atoms with E-state index in [9.17, 15) is 0 Å². The first kappa shape index (κ1) is 22.8. The maximum Gasteiger partial charge on any atom is 0.136 e. The highest BCUT2D eigenvalue weighted by molar-refractivity contribution is 6.20. The quantitative estimate of drug-likeness (QED) is 0.211. The number of hydrogen-bond donors (Lipinski definition) is 0. The molecule has 2 heterocycles. The summed E-state index contributed by atoms with van der Waals surface area (Å²) in [6.07, 6.45) is 20.3. The van der Waals surface area contributed by atoms with Crippen LogP contribution in [-0.4, -0.2) is 9.55 Å². The zero-order valence-electron chi connectivity index (χ0n) is 22.7. The first-order chi connectivity index (χ1) is 20.3. The van der Waals surface area contributed by atoms with E-state index in [0.717, 1.165) is 18.7 Å². The van der Waals surface area contributed by atoms with Crippen molar-refractivity contribution < 1.29 is 0 Å². The van der Waals surface area contributed by atoms with Crippen LogP contribution in [0, 0.1) is 5.92 Å². The summed E-state index contributed by atoms with van der Waals surface area (Å²) in [7, 11) is 0. The van der Waals surface area contributed by atoms with Crippen molar-refractivity contribution in [2.45, 2.75) is 18.3 Å². The van der Waals surface area contributed by atoms with Crippen molar-refractivity contribution in [2.24, 2.45) is 5.92 Å². The van der Waals surface area contributed by atoms with Crippen molar-refractivity contribution in [3.8, 4) is 11.1 Å². The molecule has 2 nitrogen and oxygen atoms in total. The molecule has 0 radical (unpaired) electrons. The number of aromatic nitrogens is 2. The highest BCUT2D eigenvalue weighted by Crippen LogP contribution is 2.59. The topological polar surface area (TPSA) is 17.8 Å². The molecule has 0 spiro atoms. The van der Waals surface area contributed by atoms with E-state index in [4.69, 9.17) is 4.98 Å². The molecule has 2 unspecified atom stereocenters. The second-order valence-electron chi connectivity index (χ2n) is 11.6. The molecular formula is C39H28N2. The lowest BCUT2D eigenvalue weighted by Crippen LogP contribution is -2.09. The molecule has 5 aromatic carbocycles. The number of nitrogens with zero attached hydrogens (tertiary/aromatic N) is 2. The molecule has 1 aliphatic heterocycles. The van der Waals surface area contributed by atoms with Gasteiger partial charge in [-0.3, -0.25) is 0 Å². The normalized spacial score (nSPS) is 20.7. The Bertz CT molecular complexity index is 2080. The van der Waals surface area contributed by atoms with Crippen molar-refractivity contribution in [1.82, 2.24) is 9.55 Å². The van der Waals surface area contributed by atoms with E-state index in [1.54, 1.807) is 0 Å². The molecule has 3 aliphatic rings. The molecule has 1 aromatic heterocycles. The van der Waals surface area contributed by atoms with Gasteiger partial charge in [0, 0.05) is 17.8 Å². The molecule has 0 bridgehead atoms. The smallest absolute Gasteiger partial charge is 0.136 e.